The molecular formula is C12H16Br2N2O2. The highest BCUT2D eigenvalue weighted by Gasteiger charge is 2.18. The minimum Gasteiger partial charge on any atom is -0.495 e. The number of methoxy groups -OCH3 is 1. The first kappa shape index (κ1) is 15.5. The van der Waals surface area contributed by atoms with Crippen LogP contribution >= 0.6 is 31.9 Å². The number of nitrogens with one attached hydrogen (secondary N) is 1. The van der Waals surface area contributed by atoms with Gasteiger partial charge in [0.15, 0.2) is 0 Å². The fourth-order valence-corrected chi connectivity index (χ4v) is 2.56. The molecule has 100 valence electrons. The van der Waals surface area contributed by atoms with E-state index in [0.717, 1.165) is 8.95 Å². The van der Waals surface area contributed by atoms with E-state index in [9.17, 15) is 4.79 Å². The van der Waals surface area contributed by atoms with Crippen molar-refractivity contribution in [3.8, 4) is 5.75 Å². The minimum absolute atomic E-state index is 0.0844. The molecule has 6 heteroatoms. The van der Waals surface area contributed by atoms with Crippen molar-refractivity contribution in [2.45, 2.75) is 19.9 Å². The molecule has 0 saturated heterocycles. The van der Waals surface area contributed by atoms with Crippen LogP contribution in [-0.4, -0.2) is 19.1 Å². The molecule has 1 aromatic rings. The highest BCUT2D eigenvalue weighted by atomic mass is 79.9. The Kier molecular flexibility index (Phi) is 5.62. The highest BCUT2D eigenvalue weighted by molar-refractivity contribution is 9.11. The van der Waals surface area contributed by atoms with Crippen LogP contribution in [0.2, 0.25) is 0 Å². The number of carbonyl (C=O) groups is 1. The number of hydrogen-bond donors (Lipinski definition) is 2. The van der Waals surface area contributed by atoms with Crippen LogP contribution in [0.15, 0.2) is 21.1 Å². The fraction of sp³-hybridized carbons (Fsp3) is 0.417. The molecule has 0 aliphatic carbocycles. The summed E-state index contributed by atoms with van der Waals surface area (Å²) >= 11 is 6.75. The van der Waals surface area contributed by atoms with E-state index in [4.69, 9.17) is 10.5 Å². The third-order valence-corrected chi connectivity index (χ3v) is 3.80. The molecule has 18 heavy (non-hydrogen) atoms. The predicted molar refractivity (Wildman–Crippen MR) is 79.8 cm³/mol. The Bertz CT molecular complexity index is 450. The Labute approximate surface area is 124 Å². The van der Waals surface area contributed by atoms with Gasteiger partial charge >= 0.3 is 0 Å². The number of carbonyl (C=O) groups excluding carboxylic acids is 1. The topological polar surface area (TPSA) is 64.3 Å². The van der Waals surface area contributed by atoms with Crippen LogP contribution in [0.1, 0.15) is 13.8 Å². The number of amides is 1. The summed E-state index contributed by atoms with van der Waals surface area (Å²) in [5.41, 5.74) is 6.43. The van der Waals surface area contributed by atoms with Gasteiger partial charge in [-0.15, -0.1) is 0 Å². The summed E-state index contributed by atoms with van der Waals surface area (Å²) in [5, 5.41) is 2.78. The third kappa shape index (κ3) is 3.70. The van der Waals surface area contributed by atoms with Crippen LogP contribution in [0, 0.1) is 5.92 Å². The molecule has 4 nitrogen and oxygen atoms in total. The van der Waals surface area contributed by atoms with Crippen LogP contribution in [-0.2, 0) is 4.79 Å². The molecule has 0 radical (unpaired) electrons. The van der Waals surface area contributed by atoms with E-state index in [1.807, 2.05) is 19.9 Å². The van der Waals surface area contributed by atoms with Gasteiger partial charge in [0, 0.05) is 10.5 Å². The second-order valence-electron chi connectivity index (χ2n) is 4.23. The molecule has 3 N–H and O–H groups in total. The Balaban J connectivity index is 2.94. The smallest absolute Gasteiger partial charge is 0.241 e. The van der Waals surface area contributed by atoms with E-state index in [-0.39, 0.29) is 11.8 Å². The van der Waals surface area contributed by atoms with Gasteiger partial charge in [-0.1, -0.05) is 13.8 Å². The lowest BCUT2D eigenvalue weighted by atomic mass is 10.0. The molecule has 0 aliphatic heterocycles. The predicted octanol–water partition coefficient (Wildman–Crippen LogP) is 3.14. The second kappa shape index (κ2) is 6.54. The molecule has 1 rings (SSSR count). The first-order valence-corrected chi connectivity index (χ1v) is 7.05. The zero-order valence-corrected chi connectivity index (χ0v) is 13.6. The number of rotatable bonds is 4. The number of benzene rings is 1. The zero-order chi connectivity index (χ0) is 13.9. The molecule has 0 bridgehead atoms. The maximum absolute atomic E-state index is 11.9. The Hall–Kier alpha value is -0.590. The van der Waals surface area contributed by atoms with Crippen molar-refractivity contribution in [1.82, 2.24) is 0 Å². The molecule has 0 spiro atoms. The van der Waals surface area contributed by atoms with Crippen LogP contribution in [0.5, 0.6) is 5.75 Å². The summed E-state index contributed by atoms with van der Waals surface area (Å²) in [5.74, 6) is 0.516. The quantitative estimate of drug-likeness (QED) is 0.844. The molecule has 1 atom stereocenters. The molecule has 0 unspecified atom stereocenters. The zero-order valence-electron chi connectivity index (χ0n) is 10.5. The minimum atomic E-state index is -0.536. The van der Waals surface area contributed by atoms with Gasteiger partial charge in [-0.3, -0.25) is 4.79 Å². The Morgan fingerprint density at radius 2 is 1.94 bits per heavy atom. The third-order valence-electron chi connectivity index (χ3n) is 2.52. The lowest BCUT2D eigenvalue weighted by Gasteiger charge is -2.17. The van der Waals surface area contributed by atoms with Crippen molar-refractivity contribution in [3.63, 3.8) is 0 Å². The highest BCUT2D eigenvalue weighted by Crippen LogP contribution is 2.34. The lowest BCUT2D eigenvalue weighted by molar-refractivity contribution is -0.118. The maximum Gasteiger partial charge on any atom is 0.241 e. The molecule has 0 saturated carbocycles. The van der Waals surface area contributed by atoms with Crippen molar-refractivity contribution in [2.75, 3.05) is 12.4 Å². The van der Waals surface area contributed by atoms with E-state index >= 15 is 0 Å². The van der Waals surface area contributed by atoms with Gasteiger partial charge in [-0.25, -0.2) is 0 Å². The van der Waals surface area contributed by atoms with Gasteiger partial charge in [0.25, 0.3) is 0 Å². The summed E-state index contributed by atoms with van der Waals surface area (Å²) in [4.78, 5) is 11.9. The van der Waals surface area contributed by atoms with Crippen molar-refractivity contribution in [1.29, 1.82) is 0 Å². The first-order valence-electron chi connectivity index (χ1n) is 5.46. The number of halogens is 2. The summed E-state index contributed by atoms with van der Waals surface area (Å²) in [6.45, 7) is 3.81. The van der Waals surface area contributed by atoms with Gasteiger partial charge < -0.3 is 15.8 Å². The molecule has 1 amide bonds. The maximum atomic E-state index is 11.9. The Morgan fingerprint density at radius 1 is 1.33 bits per heavy atom. The van der Waals surface area contributed by atoms with E-state index in [2.05, 4.69) is 37.2 Å². The number of hydrogen-bond acceptors (Lipinski definition) is 3. The molecule has 1 aromatic carbocycles. The number of nitrogens with two attached hydrogens (primary N) is 1. The van der Waals surface area contributed by atoms with Crippen molar-refractivity contribution in [2.24, 2.45) is 11.7 Å². The van der Waals surface area contributed by atoms with Gasteiger partial charge in [0.05, 0.1) is 23.3 Å². The van der Waals surface area contributed by atoms with E-state index in [0.29, 0.717) is 11.4 Å². The molecule has 0 aliphatic rings. The summed E-state index contributed by atoms with van der Waals surface area (Å²) < 4.78 is 6.75. The van der Waals surface area contributed by atoms with E-state index in [1.54, 1.807) is 13.2 Å². The van der Waals surface area contributed by atoms with E-state index < -0.39 is 6.04 Å². The van der Waals surface area contributed by atoms with Crippen LogP contribution in [0.4, 0.5) is 5.69 Å². The fourth-order valence-electron chi connectivity index (χ4n) is 1.30. The average Bonchev–Trinajstić information content (AvgIpc) is 2.31. The van der Waals surface area contributed by atoms with Gasteiger partial charge in [0.2, 0.25) is 5.91 Å². The van der Waals surface area contributed by atoms with E-state index in [1.165, 1.54) is 0 Å². The molecular weight excluding hydrogens is 364 g/mol. The largest absolute Gasteiger partial charge is 0.495 e. The summed E-state index contributed by atoms with van der Waals surface area (Å²) in [6, 6.07) is 3.01. The van der Waals surface area contributed by atoms with Crippen molar-refractivity contribution >= 4 is 43.5 Å². The first-order chi connectivity index (χ1) is 8.36. The standard InChI is InChI=1S/C12H16Br2N2O2/c1-6(2)11(15)12(17)16-9-5-10(18-3)8(14)4-7(9)13/h4-6,11H,15H2,1-3H3,(H,16,17)/t11-/m0/s1. The molecule has 0 fully saturated rings. The summed E-state index contributed by atoms with van der Waals surface area (Å²) in [7, 11) is 1.57. The van der Waals surface area contributed by atoms with Gasteiger partial charge in [-0.05, 0) is 43.8 Å². The summed E-state index contributed by atoms with van der Waals surface area (Å²) in [6.07, 6.45) is 0. The van der Waals surface area contributed by atoms with Crippen molar-refractivity contribution in [3.05, 3.63) is 21.1 Å². The number of ether oxygens (including phenoxy) is 1. The molecule has 0 heterocycles. The lowest BCUT2D eigenvalue weighted by Crippen LogP contribution is -2.39. The number of anilines is 1. The molecule has 0 aromatic heterocycles. The van der Waals surface area contributed by atoms with Crippen LogP contribution < -0.4 is 15.8 Å². The van der Waals surface area contributed by atoms with Crippen molar-refractivity contribution < 1.29 is 9.53 Å². The van der Waals surface area contributed by atoms with Crippen LogP contribution in [0.3, 0.4) is 0 Å². The SMILES string of the molecule is COc1cc(NC(=O)[C@@H](N)C(C)C)c(Br)cc1Br. The average molecular weight is 380 g/mol. The normalized spacial score (nSPS) is 12.4. The Morgan fingerprint density at radius 3 is 2.44 bits per heavy atom. The van der Waals surface area contributed by atoms with Gasteiger partial charge in [-0.2, -0.15) is 0 Å². The monoisotopic (exact) mass is 378 g/mol. The van der Waals surface area contributed by atoms with Gasteiger partial charge in [0.1, 0.15) is 5.75 Å². The van der Waals surface area contributed by atoms with Crippen LogP contribution in [0.25, 0.3) is 0 Å². The second-order valence-corrected chi connectivity index (χ2v) is 5.93.